The van der Waals surface area contributed by atoms with Crippen molar-refractivity contribution < 1.29 is 23.1 Å². The molecular formula is C20H32F3NO2. The van der Waals surface area contributed by atoms with Gasteiger partial charge in [0.05, 0.1) is 0 Å². The number of hydrogen-bond donors (Lipinski definition) is 1. The molecule has 150 valence electrons. The molecule has 0 saturated carbocycles. The highest BCUT2D eigenvalue weighted by Crippen LogP contribution is 2.29. The molecule has 0 saturated heterocycles. The van der Waals surface area contributed by atoms with Crippen molar-refractivity contribution in [2.75, 3.05) is 7.11 Å². The second-order valence-electron chi connectivity index (χ2n) is 5.34. The smallest absolute Gasteiger partial charge is 0.400 e. The van der Waals surface area contributed by atoms with E-state index in [9.17, 15) is 18.0 Å². The van der Waals surface area contributed by atoms with E-state index in [0.29, 0.717) is 28.3 Å². The van der Waals surface area contributed by atoms with Crippen molar-refractivity contribution in [3.63, 3.8) is 0 Å². The minimum Gasteiger partial charge on any atom is -0.400 e. The van der Waals surface area contributed by atoms with E-state index in [1.807, 2.05) is 27.7 Å². The van der Waals surface area contributed by atoms with Crippen molar-refractivity contribution in [2.24, 2.45) is 5.92 Å². The van der Waals surface area contributed by atoms with E-state index in [1.165, 1.54) is 6.07 Å². The molecule has 0 unspecified atom stereocenters. The van der Waals surface area contributed by atoms with Crippen LogP contribution in [0.15, 0.2) is 30.9 Å². The third-order valence-electron chi connectivity index (χ3n) is 2.99. The first-order chi connectivity index (χ1) is 11.9. The van der Waals surface area contributed by atoms with Crippen LogP contribution in [0, 0.1) is 12.8 Å². The van der Waals surface area contributed by atoms with E-state index in [4.69, 9.17) is 5.11 Å². The van der Waals surface area contributed by atoms with Gasteiger partial charge in [0.2, 0.25) is 0 Å². The summed E-state index contributed by atoms with van der Waals surface area (Å²) >= 11 is 0. The molecule has 0 aromatic carbocycles. The average molecular weight is 375 g/mol. The van der Waals surface area contributed by atoms with Gasteiger partial charge in [0, 0.05) is 12.8 Å². The van der Waals surface area contributed by atoms with Gasteiger partial charge in [-0.25, -0.2) is 4.98 Å². The number of carbonyl (C=O) groups is 1. The van der Waals surface area contributed by atoms with Crippen molar-refractivity contribution >= 4 is 11.4 Å². The lowest BCUT2D eigenvalue weighted by molar-refractivity contribution is -0.141. The molecule has 0 fully saturated rings. The normalized spacial score (nSPS) is 9.58. The number of aliphatic hydroxyl groups excluding tert-OH is 1. The highest BCUT2D eigenvalue weighted by molar-refractivity contribution is 5.92. The van der Waals surface area contributed by atoms with Crippen LogP contribution in [-0.2, 0) is 11.0 Å². The lowest BCUT2D eigenvalue weighted by atomic mass is 10.0. The lowest BCUT2D eigenvalue weighted by Gasteiger charge is -2.09. The third kappa shape index (κ3) is 11.6. The average Bonchev–Trinajstić information content (AvgIpc) is 2.57. The van der Waals surface area contributed by atoms with Gasteiger partial charge in [-0.1, -0.05) is 46.9 Å². The molecule has 3 nitrogen and oxygen atoms in total. The number of nitrogens with zero attached hydrogens (tertiary/aromatic N) is 1. The van der Waals surface area contributed by atoms with E-state index in [-0.39, 0.29) is 5.78 Å². The molecule has 0 radical (unpaired) electrons. The molecule has 26 heavy (non-hydrogen) atoms. The molecule has 0 bridgehead atoms. The van der Waals surface area contributed by atoms with E-state index >= 15 is 0 Å². The summed E-state index contributed by atoms with van der Waals surface area (Å²) in [6, 6.07) is 2.37. The predicted molar refractivity (Wildman–Crippen MR) is 103 cm³/mol. The molecule has 1 aromatic heterocycles. The summed E-state index contributed by atoms with van der Waals surface area (Å²) in [5, 5.41) is 7.00. The fraction of sp³-hybridized carbons (Fsp3) is 0.500. The molecule has 1 rings (SSSR count). The molecule has 1 heterocycles. The predicted octanol–water partition coefficient (Wildman–Crippen LogP) is 5.86. The Labute approximate surface area is 155 Å². The van der Waals surface area contributed by atoms with Crippen LogP contribution in [-0.4, -0.2) is 23.0 Å². The zero-order valence-corrected chi connectivity index (χ0v) is 17.1. The fourth-order valence-corrected chi connectivity index (χ4v) is 1.58. The van der Waals surface area contributed by atoms with Crippen LogP contribution in [0.1, 0.15) is 58.5 Å². The Morgan fingerprint density at radius 1 is 1.12 bits per heavy atom. The Morgan fingerprint density at radius 2 is 1.54 bits per heavy atom. The van der Waals surface area contributed by atoms with Crippen LogP contribution >= 0.6 is 0 Å². The van der Waals surface area contributed by atoms with E-state index < -0.39 is 11.9 Å². The van der Waals surface area contributed by atoms with Gasteiger partial charge in [-0.15, -0.1) is 0 Å². The van der Waals surface area contributed by atoms with Gasteiger partial charge in [0.15, 0.2) is 5.78 Å². The summed E-state index contributed by atoms with van der Waals surface area (Å²) in [5.41, 5.74) is 1.58. The Balaban J connectivity index is -0.000000377. The quantitative estimate of drug-likeness (QED) is 0.673. The van der Waals surface area contributed by atoms with Gasteiger partial charge in [-0.2, -0.15) is 13.2 Å². The number of aliphatic hydroxyl groups is 1. The summed E-state index contributed by atoms with van der Waals surface area (Å²) in [6.07, 6.45) is -4.38. The van der Waals surface area contributed by atoms with Crippen molar-refractivity contribution in [2.45, 2.75) is 54.6 Å². The summed E-state index contributed by atoms with van der Waals surface area (Å²) < 4.78 is 36.6. The Kier molecular flexibility index (Phi) is 15.8. The highest BCUT2D eigenvalue weighted by Gasteiger charge is 2.32. The molecule has 6 heteroatoms. The molecule has 0 aliphatic rings. The summed E-state index contributed by atoms with van der Waals surface area (Å²) in [7, 11) is 1.00. The largest absolute Gasteiger partial charge is 0.433 e. The van der Waals surface area contributed by atoms with Crippen molar-refractivity contribution in [3.05, 3.63) is 47.8 Å². The second kappa shape index (κ2) is 14.2. The minimum absolute atomic E-state index is 0.0972. The standard InChI is InChI=1S/C10H10F3N.C7H12O.C2H6.CH4O/c1-6(2)8-4-5-9(10(11,12)13)14-7(8)3;1-5(2)6(3)7(4)8;2*1-2/h4-5H,1H2,2-3H3;5H,3H2,1-2,4H3;1-2H3;2H,1H3. The number of allylic oxidation sites excluding steroid dienone is 2. The van der Waals surface area contributed by atoms with Gasteiger partial charge in [0.25, 0.3) is 0 Å². The van der Waals surface area contributed by atoms with Crippen molar-refractivity contribution in [1.29, 1.82) is 0 Å². The number of halogens is 3. The first kappa shape index (κ1) is 28.8. The van der Waals surface area contributed by atoms with Crippen molar-refractivity contribution in [3.8, 4) is 0 Å². The Morgan fingerprint density at radius 3 is 1.73 bits per heavy atom. The first-order valence-electron chi connectivity index (χ1n) is 8.23. The summed E-state index contributed by atoms with van der Waals surface area (Å²) in [5.74, 6) is 0.396. The molecular weight excluding hydrogens is 343 g/mol. The van der Waals surface area contributed by atoms with Gasteiger partial charge in [0.1, 0.15) is 5.69 Å². The Hall–Kier alpha value is -1.95. The molecule has 0 aliphatic carbocycles. The van der Waals surface area contributed by atoms with Crippen LogP contribution in [0.25, 0.3) is 5.57 Å². The van der Waals surface area contributed by atoms with Crippen LogP contribution in [0.4, 0.5) is 13.2 Å². The second-order valence-corrected chi connectivity index (χ2v) is 5.34. The molecule has 0 spiro atoms. The first-order valence-corrected chi connectivity index (χ1v) is 8.23. The Bertz CT molecular complexity index is 577. The fourth-order valence-electron chi connectivity index (χ4n) is 1.58. The molecule has 1 aromatic rings. The third-order valence-corrected chi connectivity index (χ3v) is 2.99. The van der Waals surface area contributed by atoms with Crippen LogP contribution < -0.4 is 0 Å². The maximum Gasteiger partial charge on any atom is 0.433 e. The van der Waals surface area contributed by atoms with Gasteiger partial charge >= 0.3 is 6.18 Å². The van der Waals surface area contributed by atoms with Crippen LogP contribution in [0.2, 0.25) is 0 Å². The number of rotatable bonds is 3. The zero-order valence-electron chi connectivity index (χ0n) is 17.1. The number of Topliss-reactive ketones (excluding diaryl/α,β-unsaturated/α-hetero) is 1. The number of ketones is 1. The SMILES string of the molecule is C=C(C(C)=O)C(C)C.C=C(C)c1ccc(C(F)(F)F)nc1C.CC.CO. The van der Waals surface area contributed by atoms with Crippen LogP contribution in [0.3, 0.4) is 0 Å². The van der Waals surface area contributed by atoms with E-state index in [0.717, 1.165) is 13.2 Å². The summed E-state index contributed by atoms with van der Waals surface area (Å²) in [6.45, 7) is 20.0. The highest BCUT2D eigenvalue weighted by atomic mass is 19.4. The number of pyridine rings is 1. The molecule has 0 amide bonds. The number of aryl methyl sites for hydroxylation is 1. The number of hydrogen-bond acceptors (Lipinski definition) is 3. The zero-order chi connectivity index (χ0) is 21.7. The number of aromatic nitrogens is 1. The lowest BCUT2D eigenvalue weighted by Crippen LogP contribution is -2.09. The maximum absolute atomic E-state index is 12.2. The minimum atomic E-state index is -4.38. The van der Waals surface area contributed by atoms with E-state index in [1.54, 1.807) is 20.8 Å². The summed E-state index contributed by atoms with van der Waals surface area (Å²) in [4.78, 5) is 14.0. The van der Waals surface area contributed by atoms with E-state index in [2.05, 4.69) is 18.1 Å². The maximum atomic E-state index is 12.2. The number of carbonyl (C=O) groups excluding carboxylic acids is 1. The van der Waals surface area contributed by atoms with Crippen LogP contribution in [0.5, 0.6) is 0 Å². The van der Waals surface area contributed by atoms with Crippen molar-refractivity contribution in [1.82, 2.24) is 4.98 Å². The monoisotopic (exact) mass is 375 g/mol. The molecule has 0 atom stereocenters. The van der Waals surface area contributed by atoms with Gasteiger partial charge in [-0.3, -0.25) is 4.79 Å². The molecule has 1 N–H and O–H groups in total. The number of alkyl halides is 3. The van der Waals surface area contributed by atoms with Gasteiger partial charge in [-0.05, 0) is 49.5 Å². The molecule has 0 aliphatic heterocycles. The van der Waals surface area contributed by atoms with Gasteiger partial charge < -0.3 is 5.11 Å². The topological polar surface area (TPSA) is 50.2 Å².